The van der Waals surface area contributed by atoms with Gasteiger partial charge in [-0.15, -0.1) is 0 Å². The molecule has 2 aromatic rings. The lowest BCUT2D eigenvalue weighted by Crippen LogP contribution is -2.18. The zero-order valence-corrected chi connectivity index (χ0v) is 10.2. The Morgan fingerprint density at radius 3 is 2.85 bits per heavy atom. The molecule has 0 fully saturated rings. The van der Waals surface area contributed by atoms with Gasteiger partial charge in [0.1, 0.15) is 6.61 Å². The Kier molecular flexibility index (Phi) is 4.18. The van der Waals surface area contributed by atoms with Gasteiger partial charge in [-0.25, -0.2) is 0 Å². The normalized spacial score (nSPS) is 11.8. The van der Waals surface area contributed by atoms with Crippen molar-refractivity contribution in [3.63, 3.8) is 0 Å². The molecule has 0 aliphatic carbocycles. The minimum Gasteiger partial charge on any atom is -0.397 e. The number of pyridine rings is 1. The monoisotopic (exact) mass is 288 g/mol. The number of hydrogen-bond acceptors (Lipinski definition) is 6. The van der Waals surface area contributed by atoms with Crippen molar-refractivity contribution in [3.8, 4) is 11.5 Å². The van der Waals surface area contributed by atoms with Crippen LogP contribution in [0.3, 0.4) is 0 Å². The highest BCUT2D eigenvalue weighted by Gasteiger charge is 2.27. The van der Waals surface area contributed by atoms with Gasteiger partial charge in [0.25, 0.3) is 5.89 Å². The standard InChI is InChI=1S/C11H11F3N4O2/c12-11(13,14)6-19-4-2-9-17-10(20-18-9)7-1-3-16-5-8(7)15/h1,3,5H,2,4,6,15H2. The lowest BCUT2D eigenvalue weighted by atomic mass is 10.2. The third kappa shape index (κ3) is 3.92. The molecule has 2 N–H and O–H groups in total. The molecule has 0 atom stereocenters. The van der Waals surface area contributed by atoms with Crippen molar-refractivity contribution in [2.24, 2.45) is 0 Å². The SMILES string of the molecule is Nc1cnccc1-c1nc(CCOCC(F)(F)F)no1. The molecule has 0 amide bonds. The van der Waals surface area contributed by atoms with Gasteiger partial charge in [0, 0.05) is 12.6 Å². The van der Waals surface area contributed by atoms with Gasteiger partial charge in [-0.05, 0) is 6.07 Å². The maximum absolute atomic E-state index is 11.9. The van der Waals surface area contributed by atoms with Crippen LogP contribution in [0.2, 0.25) is 0 Å². The zero-order valence-electron chi connectivity index (χ0n) is 10.2. The lowest BCUT2D eigenvalue weighted by Gasteiger charge is -2.05. The van der Waals surface area contributed by atoms with E-state index in [0.29, 0.717) is 11.3 Å². The summed E-state index contributed by atoms with van der Waals surface area (Å²) >= 11 is 0. The van der Waals surface area contributed by atoms with Crippen LogP contribution in [0.4, 0.5) is 18.9 Å². The van der Waals surface area contributed by atoms with Crippen molar-refractivity contribution >= 4 is 5.69 Å². The number of nitrogens with zero attached hydrogens (tertiary/aromatic N) is 3. The molecule has 9 heteroatoms. The topological polar surface area (TPSA) is 87.1 Å². The summed E-state index contributed by atoms with van der Waals surface area (Å²) in [5, 5.41) is 3.64. The average molecular weight is 288 g/mol. The maximum Gasteiger partial charge on any atom is 0.411 e. The van der Waals surface area contributed by atoms with Crippen molar-refractivity contribution in [2.75, 3.05) is 18.9 Å². The van der Waals surface area contributed by atoms with Crippen molar-refractivity contribution in [1.29, 1.82) is 0 Å². The van der Waals surface area contributed by atoms with Crippen LogP contribution in [0.25, 0.3) is 11.5 Å². The van der Waals surface area contributed by atoms with Gasteiger partial charge < -0.3 is 15.0 Å². The summed E-state index contributed by atoms with van der Waals surface area (Å²) in [5.74, 6) is 0.439. The molecule has 0 aromatic carbocycles. The van der Waals surface area contributed by atoms with Crippen molar-refractivity contribution in [3.05, 3.63) is 24.3 Å². The molecule has 2 rings (SSSR count). The van der Waals surface area contributed by atoms with Crippen molar-refractivity contribution < 1.29 is 22.4 Å². The van der Waals surface area contributed by atoms with E-state index in [9.17, 15) is 13.2 Å². The zero-order chi connectivity index (χ0) is 14.6. The van der Waals surface area contributed by atoms with E-state index in [1.807, 2.05) is 0 Å². The first-order valence-corrected chi connectivity index (χ1v) is 5.62. The van der Waals surface area contributed by atoms with Crippen molar-refractivity contribution in [2.45, 2.75) is 12.6 Å². The highest BCUT2D eigenvalue weighted by atomic mass is 19.4. The van der Waals surface area contributed by atoms with E-state index in [-0.39, 0.29) is 24.7 Å². The Bertz CT molecular complexity index is 571. The van der Waals surface area contributed by atoms with E-state index in [0.717, 1.165) is 0 Å². The molecule has 0 radical (unpaired) electrons. The third-order valence-corrected chi connectivity index (χ3v) is 2.29. The summed E-state index contributed by atoms with van der Waals surface area (Å²) in [6.45, 7) is -1.45. The number of nitrogen functional groups attached to an aromatic ring is 1. The molecule has 0 aliphatic heterocycles. The van der Waals surface area contributed by atoms with Crippen LogP contribution in [0.15, 0.2) is 23.0 Å². The Hall–Kier alpha value is -2.16. The fourth-order valence-corrected chi connectivity index (χ4v) is 1.42. The van der Waals surface area contributed by atoms with Crippen LogP contribution < -0.4 is 5.73 Å². The highest BCUT2D eigenvalue weighted by molar-refractivity contribution is 5.68. The van der Waals surface area contributed by atoms with Crippen molar-refractivity contribution in [1.82, 2.24) is 15.1 Å². The molecule has 0 spiro atoms. The Morgan fingerprint density at radius 2 is 2.15 bits per heavy atom. The summed E-state index contributed by atoms with van der Waals surface area (Å²) < 4.78 is 45.0. The molecule has 108 valence electrons. The van der Waals surface area contributed by atoms with Gasteiger partial charge in [-0.3, -0.25) is 4.98 Å². The number of alkyl halides is 3. The Labute approximate surface area is 111 Å². The van der Waals surface area contributed by atoms with Crippen LogP contribution in [0, 0.1) is 0 Å². The predicted molar refractivity (Wildman–Crippen MR) is 62.5 cm³/mol. The van der Waals surface area contributed by atoms with E-state index in [1.54, 1.807) is 6.07 Å². The second kappa shape index (κ2) is 5.87. The second-order valence-corrected chi connectivity index (χ2v) is 3.90. The largest absolute Gasteiger partial charge is 0.411 e. The van der Waals surface area contributed by atoms with Crippen LogP contribution in [0.1, 0.15) is 5.82 Å². The molecule has 20 heavy (non-hydrogen) atoms. The summed E-state index contributed by atoms with van der Waals surface area (Å²) in [7, 11) is 0. The number of rotatable bonds is 5. The van der Waals surface area contributed by atoms with E-state index in [4.69, 9.17) is 10.3 Å². The minimum atomic E-state index is -4.34. The molecule has 0 bridgehead atoms. The molecular formula is C11H11F3N4O2. The average Bonchev–Trinajstić information content (AvgIpc) is 2.83. The van der Waals surface area contributed by atoms with Gasteiger partial charge in [0.05, 0.1) is 24.1 Å². The minimum absolute atomic E-state index is 0.116. The van der Waals surface area contributed by atoms with E-state index in [1.165, 1.54) is 12.4 Å². The van der Waals surface area contributed by atoms with Crippen LogP contribution in [0.5, 0.6) is 0 Å². The quantitative estimate of drug-likeness (QED) is 0.845. The summed E-state index contributed by atoms with van der Waals surface area (Å²) in [6, 6.07) is 1.60. The number of hydrogen-bond donors (Lipinski definition) is 1. The van der Waals surface area contributed by atoms with Crippen LogP contribution >= 0.6 is 0 Å². The molecule has 6 nitrogen and oxygen atoms in total. The smallest absolute Gasteiger partial charge is 0.397 e. The Morgan fingerprint density at radius 1 is 1.35 bits per heavy atom. The predicted octanol–water partition coefficient (Wildman–Crippen LogP) is 1.84. The first-order chi connectivity index (χ1) is 9.46. The fourth-order valence-electron chi connectivity index (χ4n) is 1.42. The highest BCUT2D eigenvalue weighted by Crippen LogP contribution is 2.22. The summed E-state index contributed by atoms with van der Waals surface area (Å²) in [6.07, 6.45) is -1.27. The second-order valence-electron chi connectivity index (χ2n) is 3.90. The first-order valence-electron chi connectivity index (χ1n) is 5.62. The number of anilines is 1. The number of nitrogens with two attached hydrogens (primary N) is 1. The van der Waals surface area contributed by atoms with E-state index >= 15 is 0 Å². The summed E-state index contributed by atoms with van der Waals surface area (Å²) in [4.78, 5) is 7.85. The molecule has 0 saturated carbocycles. The van der Waals surface area contributed by atoms with Gasteiger partial charge >= 0.3 is 6.18 Å². The third-order valence-electron chi connectivity index (χ3n) is 2.29. The first kappa shape index (κ1) is 14.3. The lowest BCUT2D eigenvalue weighted by molar-refractivity contribution is -0.173. The molecule has 0 saturated heterocycles. The summed E-state index contributed by atoms with van der Waals surface area (Å²) in [5.41, 5.74) is 6.59. The fraction of sp³-hybridized carbons (Fsp3) is 0.364. The molecule has 2 heterocycles. The molecule has 0 aliphatic rings. The number of halogens is 3. The number of ether oxygens (including phenoxy) is 1. The number of aromatic nitrogens is 3. The maximum atomic E-state index is 11.9. The van der Waals surface area contributed by atoms with Crippen LogP contribution in [-0.2, 0) is 11.2 Å². The van der Waals surface area contributed by atoms with Crippen LogP contribution in [-0.4, -0.2) is 34.5 Å². The van der Waals surface area contributed by atoms with Gasteiger partial charge in [0.15, 0.2) is 5.82 Å². The van der Waals surface area contributed by atoms with E-state index in [2.05, 4.69) is 19.9 Å². The molecule has 2 aromatic heterocycles. The van der Waals surface area contributed by atoms with Gasteiger partial charge in [0.2, 0.25) is 0 Å². The van der Waals surface area contributed by atoms with Gasteiger partial charge in [-0.2, -0.15) is 18.2 Å². The Balaban J connectivity index is 1.92. The molecule has 0 unspecified atom stereocenters. The van der Waals surface area contributed by atoms with Gasteiger partial charge in [-0.1, -0.05) is 5.16 Å². The molecular weight excluding hydrogens is 277 g/mol. The van der Waals surface area contributed by atoms with E-state index < -0.39 is 12.8 Å².